The van der Waals surface area contributed by atoms with Crippen molar-refractivity contribution in [3.8, 4) is 0 Å². The molecule has 5 heteroatoms. The highest BCUT2D eigenvalue weighted by molar-refractivity contribution is 8.13. The fourth-order valence-corrected chi connectivity index (χ4v) is 2.13. The molecule has 1 aliphatic rings. The predicted molar refractivity (Wildman–Crippen MR) is 61.3 cm³/mol. The van der Waals surface area contributed by atoms with Crippen molar-refractivity contribution in [2.24, 2.45) is 4.99 Å². The summed E-state index contributed by atoms with van der Waals surface area (Å²) in [6.07, 6.45) is 6.28. The van der Waals surface area contributed by atoms with E-state index < -0.39 is 9.05 Å². The van der Waals surface area contributed by atoms with Crippen molar-refractivity contribution in [2.75, 3.05) is 0 Å². The van der Waals surface area contributed by atoms with Crippen LogP contribution in [0, 0.1) is 0 Å². The van der Waals surface area contributed by atoms with Gasteiger partial charge in [0.25, 0.3) is 9.05 Å². The second-order valence-electron chi connectivity index (χ2n) is 3.11. The summed E-state index contributed by atoms with van der Waals surface area (Å²) >= 11 is 0. The molecule has 3 nitrogen and oxygen atoms in total. The molecule has 0 N–H and O–H groups in total. The molecule has 0 fully saturated rings. The van der Waals surface area contributed by atoms with Crippen molar-refractivity contribution in [1.29, 1.82) is 0 Å². The lowest BCUT2D eigenvalue weighted by atomic mass is 10.2. The molecule has 0 unspecified atom stereocenters. The molecule has 78 valence electrons. The first-order valence-corrected chi connectivity index (χ1v) is 6.66. The number of hydrogen-bond acceptors (Lipinski definition) is 3. The molecule has 1 heterocycles. The van der Waals surface area contributed by atoms with Crippen LogP contribution in [0.1, 0.15) is 12.0 Å². The molecule has 1 aromatic carbocycles. The van der Waals surface area contributed by atoms with E-state index in [9.17, 15) is 8.42 Å². The third kappa shape index (κ3) is 2.27. The third-order valence-corrected chi connectivity index (χ3v) is 3.40. The van der Waals surface area contributed by atoms with Crippen LogP contribution in [-0.4, -0.2) is 14.6 Å². The van der Waals surface area contributed by atoms with Gasteiger partial charge in [-0.1, -0.05) is 12.2 Å². The normalized spacial score (nSPS) is 14.7. The summed E-state index contributed by atoms with van der Waals surface area (Å²) in [5.41, 5.74) is 1.53. The average Bonchev–Trinajstić information content (AvgIpc) is 2.39. The molecule has 0 radical (unpaired) electrons. The van der Waals surface area contributed by atoms with Gasteiger partial charge < -0.3 is 0 Å². The van der Waals surface area contributed by atoms with Crippen LogP contribution < -0.4 is 0 Å². The largest absolute Gasteiger partial charge is 0.261 e. The smallest absolute Gasteiger partial charge is 0.260 e. The summed E-state index contributed by atoms with van der Waals surface area (Å²) < 4.78 is 22.2. The first-order valence-electron chi connectivity index (χ1n) is 4.35. The van der Waals surface area contributed by atoms with Crippen molar-refractivity contribution in [3.05, 3.63) is 29.8 Å². The Hall–Kier alpha value is -1.13. The Morgan fingerprint density at radius 3 is 2.87 bits per heavy atom. The van der Waals surface area contributed by atoms with Gasteiger partial charge in [-0.2, -0.15) is 0 Å². The monoisotopic (exact) mass is 241 g/mol. The Balaban J connectivity index is 2.60. The Kier molecular flexibility index (Phi) is 2.63. The summed E-state index contributed by atoms with van der Waals surface area (Å²) in [4.78, 5) is 4.29. The number of fused-ring (bicyclic) bond motifs is 1. The second-order valence-corrected chi connectivity index (χ2v) is 5.67. The van der Waals surface area contributed by atoms with Crippen LogP contribution in [0.4, 0.5) is 5.69 Å². The van der Waals surface area contributed by atoms with Gasteiger partial charge in [0.1, 0.15) is 0 Å². The van der Waals surface area contributed by atoms with Gasteiger partial charge in [0.05, 0.1) is 10.6 Å². The van der Waals surface area contributed by atoms with E-state index in [1.54, 1.807) is 12.3 Å². The molecule has 0 spiro atoms. The minimum Gasteiger partial charge on any atom is -0.260 e. The SMILES string of the molecule is O=S(=O)(Cl)c1ccc2c(c1)C=CCC=N2. The average molecular weight is 242 g/mol. The van der Waals surface area contributed by atoms with E-state index >= 15 is 0 Å². The molecule has 1 aromatic rings. The van der Waals surface area contributed by atoms with E-state index in [1.807, 2.05) is 12.2 Å². The van der Waals surface area contributed by atoms with Crippen LogP contribution in [0.5, 0.6) is 0 Å². The molecule has 0 saturated heterocycles. The Labute approximate surface area is 92.5 Å². The predicted octanol–water partition coefficient (Wildman–Crippen LogP) is 2.73. The minimum absolute atomic E-state index is 0.102. The summed E-state index contributed by atoms with van der Waals surface area (Å²) in [5, 5.41) is 0. The summed E-state index contributed by atoms with van der Waals surface area (Å²) in [5.74, 6) is 0. The molecule has 0 amide bonds. The van der Waals surface area contributed by atoms with E-state index in [0.29, 0.717) is 0 Å². The van der Waals surface area contributed by atoms with Crippen molar-refractivity contribution in [3.63, 3.8) is 0 Å². The topological polar surface area (TPSA) is 46.5 Å². The van der Waals surface area contributed by atoms with Gasteiger partial charge in [-0.05, 0) is 18.2 Å². The number of aliphatic imine (C=N–C) groups is 1. The highest BCUT2D eigenvalue weighted by atomic mass is 35.7. The number of hydrogen-bond donors (Lipinski definition) is 0. The van der Waals surface area contributed by atoms with Crippen molar-refractivity contribution < 1.29 is 8.42 Å². The molecule has 0 aliphatic carbocycles. The highest BCUT2D eigenvalue weighted by Crippen LogP contribution is 2.27. The van der Waals surface area contributed by atoms with Crippen LogP contribution in [0.3, 0.4) is 0 Å². The first-order chi connectivity index (χ1) is 7.07. The maximum atomic E-state index is 11.1. The number of halogens is 1. The zero-order valence-corrected chi connectivity index (χ0v) is 9.29. The van der Waals surface area contributed by atoms with Crippen molar-refractivity contribution in [2.45, 2.75) is 11.3 Å². The molecular weight excluding hydrogens is 234 g/mol. The quantitative estimate of drug-likeness (QED) is 0.710. The maximum absolute atomic E-state index is 11.1. The molecule has 15 heavy (non-hydrogen) atoms. The number of benzene rings is 1. The van der Waals surface area contributed by atoms with Crippen LogP contribution >= 0.6 is 10.7 Å². The van der Waals surface area contributed by atoms with Gasteiger partial charge in [-0.15, -0.1) is 0 Å². The highest BCUT2D eigenvalue weighted by Gasteiger charge is 2.11. The Morgan fingerprint density at radius 2 is 2.13 bits per heavy atom. The number of allylic oxidation sites excluding steroid dienone is 1. The van der Waals surface area contributed by atoms with Crippen LogP contribution in [0.25, 0.3) is 6.08 Å². The second kappa shape index (κ2) is 3.79. The summed E-state index contributed by atoms with van der Waals surface area (Å²) in [6, 6.07) is 4.63. The Morgan fingerprint density at radius 1 is 1.33 bits per heavy atom. The van der Waals surface area contributed by atoms with E-state index in [4.69, 9.17) is 10.7 Å². The van der Waals surface area contributed by atoms with Crippen LogP contribution in [0.2, 0.25) is 0 Å². The van der Waals surface area contributed by atoms with Gasteiger partial charge in [0, 0.05) is 28.9 Å². The standard InChI is InChI=1S/C10H8ClNO2S/c11-15(13,14)9-4-5-10-8(7-9)3-1-2-6-12-10/h1,3-7H,2H2. The Bertz CT molecular complexity index is 547. The van der Waals surface area contributed by atoms with Crippen molar-refractivity contribution >= 4 is 37.7 Å². The summed E-state index contributed by atoms with van der Waals surface area (Å²) in [6.45, 7) is 0. The number of nitrogens with zero attached hydrogens (tertiary/aromatic N) is 1. The van der Waals surface area contributed by atoms with Gasteiger partial charge in [0.2, 0.25) is 0 Å². The lowest BCUT2D eigenvalue weighted by Crippen LogP contribution is -1.90. The number of rotatable bonds is 1. The molecule has 2 rings (SSSR count). The van der Waals surface area contributed by atoms with E-state index in [1.165, 1.54) is 12.1 Å². The van der Waals surface area contributed by atoms with Crippen LogP contribution in [-0.2, 0) is 9.05 Å². The molecule has 0 saturated carbocycles. The van der Waals surface area contributed by atoms with Gasteiger partial charge in [-0.3, -0.25) is 4.99 Å². The fraction of sp³-hybridized carbons (Fsp3) is 0.100. The lowest BCUT2D eigenvalue weighted by Gasteiger charge is -2.01. The molecule has 0 bridgehead atoms. The van der Waals surface area contributed by atoms with Gasteiger partial charge >= 0.3 is 0 Å². The zero-order valence-electron chi connectivity index (χ0n) is 7.72. The maximum Gasteiger partial charge on any atom is 0.261 e. The first kappa shape index (κ1) is 10.4. The van der Waals surface area contributed by atoms with Gasteiger partial charge in [0.15, 0.2) is 0 Å². The molecular formula is C10H8ClNO2S. The lowest BCUT2D eigenvalue weighted by molar-refractivity contribution is 0.609. The summed E-state index contributed by atoms with van der Waals surface area (Å²) in [7, 11) is 1.59. The van der Waals surface area contributed by atoms with E-state index in [-0.39, 0.29) is 4.90 Å². The zero-order chi connectivity index (χ0) is 10.9. The third-order valence-electron chi connectivity index (χ3n) is 2.05. The van der Waals surface area contributed by atoms with E-state index in [2.05, 4.69) is 4.99 Å². The van der Waals surface area contributed by atoms with Gasteiger partial charge in [-0.25, -0.2) is 8.42 Å². The molecule has 1 aliphatic heterocycles. The fourth-order valence-electron chi connectivity index (χ4n) is 1.34. The van der Waals surface area contributed by atoms with Crippen molar-refractivity contribution in [1.82, 2.24) is 0 Å². The molecule has 0 aromatic heterocycles. The minimum atomic E-state index is -3.66. The van der Waals surface area contributed by atoms with E-state index in [0.717, 1.165) is 17.7 Å². The molecule has 0 atom stereocenters. The van der Waals surface area contributed by atoms with Crippen LogP contribution in [0.15, 0.2) is 34.2 Å².